The van der Waals surface area contributed by atoms with Crippen molar-refractivity contribution in [1.29, 1.82) is 0 Å². The highest BCUT2D eigenvalue weighted by molar-refractivity contribution is 6.29. The average Bonchev–Trinajstić information content (AvgIpc) is 2.33. The molecular formula is C13H20ClN3. The van der Waals surface area contributed by atoms with E-state index in [0.717, 1.165) is 12.1 Å². The van der Waals surface area contributed by atoms with E-state index in [2.05, 4.69) is 22.5 Å². The number of nitrogens with one attached hydrogen (secondary N) is 2. The number of anilines is 1. The summed E-state index contributed by atoms with van der Waals surface area (Å²) < 4.78 is 0. The quantitative estimate of drug-likeness (QED) is 0.810. The Balaban J connectivity index is 1.79. The minimum atomic E-state index is 0.452. The molecule has 1 aliphatic heterocycles. The van der Waals surface area contributed by atoms with Crippen LogP contribution in [0.15, 0.2) is 18.3 Å². The van der Waals surface area contributed by atoms with Crippen LogP contribution in [0.2, 0.25) is 5.15 Å². The van der Waals surface area contributed by atoms with E-state index in [9.17, 15) is 0 Å². The summed E-state index contributed by atoms with van der Waals surface area (Å²) >= 11 is 5.75. The third kappa shape index (κ3) is 4.17. The van der Waals surface area contributed by atoms with Crippen molar-refractivity contribution in [3.63, 3.8) is 0 Å². The van der Waals surface area contributed by atoms with Gasteiger partial charge in [-0.3, -0.25) is 0 Å². The lowest BCUT2D eigenvalue weighted by molar-refractivity contribution is 0.371. The predicted molar refractivity (Wildman–Crippen MR) is 72.6 cm³/mol. The summed E-state index contributed by atoms with van der Waals surface area (Å²) in [7, 11) is 0. The number of halogens is 1. The number of hydrogen-bond donors (Lipinski definition) is 2. The van der Waals surface area contributed by atoms with Gasteiger partial charge in [0.05, 0.1) is 11.9 Å². The minimum absolute atomic E-state index is 0.452. The van der Waals surface area contributed by atoms with E-state index in [-0.39, 0.29) is 0 Å². The van der Waals surface area contributed by atoms with Gasteiger partial charge < -0.3 is 10.6 Å². The van der Waals surface area contributed by atoms with Gasteiger partial charge in [-0.1, -0.05) is 18.0 Å². The smallest absolute Gasteiger partial charge is 0.129 e. The van der Waals surface area contributed by atoms with Gasteiger partial charge in [0, 0.05) is 12.1 Å². The Morgan fingerprint density at radius 2 is 2.41 bits per heavy atom. The molecule has 0 saturated carbocycles. The molecule has 2 unspecified atom stereocenters. The molecule has 0 spiro atoms. The van der Waals surface area contributed by atoms with Gasteiger partial charge in [0.15, 0.2) is 0 Å². The SMILES string of the molecule is CC(CC1CCCCN1)Nc1ccc(Cl)nc1. The summed E-state index contributed by atoms with van der Waals surface area (Å²) in [6, 6.07) is 4.90. The Kier molecular flexibility index (Phi) is 4.63. The highest BCUT2D eigenvalue weighted by atomic mass is 35.5. The van der Waals surface area contributed by atoms with Crippen molar-refractivity contribution in [2.45, 2.75) is 44.7 Å². The molecule has 2 atom stereocenters. The molecule has 0 aliphatic carbocycles. The second-order valence-electron chi connectivity index (χ2n) is 4.80. The van der Waals surface area contributed by atoms with Crippen LogP contribution in [-0.4, -0.2) is 23.6 Å². The largest absolute Gasteiger partial charge is 0.381 e. The second kappa shape index (κ2) is 6.22. The maximum Gasteiger partial charge on any atom is 0.129 e. The van der Waals surface area contributed by atoms with Gasteiger partial charge in [0.1, 0.15) is 5.15 Å². The standard InChI is InChI=1S/C13H20ClN3/c1-10(8-11-4-2-3-7-15-11)17-12-5-6-13(14)16-9-12/h5-6,9-11,15,17H,2-4,7-8H2,1H3. The van der Waals surface area contributed by atoms with Crippen molar-refractivity contribution in [2.24, 2.45) is 0 Å². The van der Waals surface area contributed by atoms with Gasteiger partial charge in [-0.15, -0.1) is 0 Å². The summed E-state index contributed by atoms with van der Waals surface area (Å²) in [6.07, 6.45) is 6.91. The summed E-state index contributed by atoms with van der Waals surface area (Å²) in [5.74, 6) is 0. The van der Waals surface area contributed by atoms with Crippen LogP contribution < -0.4 is 10.6 Å². The lowest BCUT2D eigenvalue weighted by atomic mass is 9.99. The fourth-order valence-electron chi connectivity index (χ4n) is 2.36. The molecule has 2 heterocycles. The van der Waals surface area contributed by atoms with Crippen LogP contribution in [0, 0.1) is 0 Å². The minimum Gasteiger partial charge on any atom is -0.381 e. The number of hydrogen-bond acceptors (Lipinski definition) is 3. The molecule has 1 fully saturated rings. The number of rotatable bonds is 4. The number of pyridine rings is 1. The highest BCUT2D eigenvalue weighted by Gasteiger charge is 2.15. The monoisotopic (exact) mass is 253 g/mol. The van der Waals surface area contributed by atoms with E-state index >= 15 is 0 Å². The maximum absolute atomic E-state index is 5.75. The van der Waals surface area contributed by atoms with Crippen LogP contribution in [0.5, 0.6) is 0 Å². The Morgan fingerprint density at radius 3 is 3.06 bits per heavy atom. The highest BCUT2D eigenvalue weighted by Crippen LogP contribution is 2.16. The Bertz CT molecular complexity index is 333. The van der Waals surface area contributed by atoms with Crippen molar-refractivity contribution in [3.05, 3.63) is 23.5 Å². The molecule has 1 aromatic rings. The number of aromatic nitrogens is 1. The summed E-state index contributed by atoms with van der Waals surface area (Å²) in [5, 5.41) is 7.56. The fraction of sp³-hybridized carbons (Fsp3) is 0.615. The lowest BCUT2D eigenvalue weighted by Gasteiger charge is -2.26. The molecule has 4 heteroatoms. The normalized spacial score (nSPS) is 22.1. The topological polar surface area (TPSA) is 37.0 Å². The first kappa shape index (κ1) is 12.7. The Morgan fingerprint density at radius 1 is 1.53 bits per heavy atom. The van der Waals surface area contributed by atoms with Gasteiger partial charge in [-0.25, -0.2) is 4.98 Å². The van der Waals surface area contributed by atoms with Gasteiger partial charge in [0.25, 0.3) is 0 Å². The molecule has 1 saturated heterocycles. The Labute approximate surface area is 108 Å². The van der Waals surface area contributed by atoms with Crippen LogP contribution >= 0.6 is 11.6 Å². The van der Waals surface area contributed by atoms with E-state index in [1.54, 1.807) is 6.20 Å². The van der Waals surface area contributed by atoms with Crippen LogP contribution in [0.25, 0.3) is 0 Å². The van der Waals surface area contributed by atoms with E-state index in [4.69, 9.17) is 11.6 Å². The molecule has 1 aromatic heterocycles. The molecule has 2 N–H and O–H groups in total. The molecule has 17 heavy (non-hydrogen) atoms. The molecule has 0 aromatic carbocycles. The van der Waals surface area contributed by atoms with Crippen molar-refractivity contribution in [1.82, 2.24) is 10.3 Å². The molecule has 0 amide bonds. The van der Waals surface area contributed by atoms with Gasteiger partial charge in [0.2, 0.25) is 0 Å². The van der Waals surface area contributed by atoms with Crippen molar-refractivity contribution >= 4 is 17.3 Å². The van der Waals surface area contributed by atoms with Crippen LogP contribution in [0.3, 0.4) is 0 Å². The first-order valence-corrected chi connectivity index (χ1v) is 6.73. The molecule has 3 nitrogen and oxygen atoms in total. The van der Waals surface area contributed by atoms with E-state index in [0.29, 0.717) is 17.2 Å². The van der Waals surface area contributed by atoms with Crippen molar-refractivity contribution in [3.8, 4) is 0 Å². The zero-order chi connectivity index (χ0) is 12.1. The fourth-order valence-corrected chi connectivity index (χ4v) is 2.47. The summed E-state index contributed by atoms with van der Waals surface area (Å²) in [5.41, 5.74) is 1.04. The van der Waals surface area contributed by atoms with E-state index in [1.165, 1.54) is 25.8 Å². The first-order chi connectivity index (χ1) is 8.24. The number of piperidine rings is 1. The zero-order valence-corrected chi connectivity index (χ0v) is 11.0. The predicted octanol–water partition coefficient (Wildman–Crippen LogP) is 3.07. The van der Waals surface area contributed by atoms with Crippen molar-refractivity contribution in [2.75, 3.05) is 11.9 Å². The second-order valence-corrected chi connectivity index (χ2v) is 5.18. The van der Waals surface area contributed by atoms with Gasteiger partial charge in [-0.2, -0.15) is 0 Å². The van der Waals surface area contributed by atoms with Crippen LogP contribution in [0.1, 0.15) is 32.6 Å². The molecule has 94 valence electrons. The molecule has 2 rings (SSSR count). The van der Waals surface area contributed by atoms with Crippen LogP contribution in [-0.2, 0) is 0 Å². The third-order valence-corrected chi connectivity index (χ3v) is 3.41. The molecular weight excluding hydrogens is 234 g/mol. The van der Waals surface area contributed by atoms with E-state index in [1.807, 2.05) is 12.1 Å². The number of nitrogens with zero attached hydrogens (tertiary/aromatic N) is 1. The van der Waals surface area contributed by atoms with Crippen LogP contribution in [0.4, 0.5) is 5.69 Å². The third-order valence-electron chi connectivity index (χ3n) is 3.19. The average molecular weight is 254 g/mol. The molecule has 0 bridgehead atoms. The lowest BCUT2D eigenvalue weighted by Crippen LogP contribution is -2.37. The Hall–Kier alpha value is -0.800. The maximum atomic E-state index is 5.75. The summed E-state index contributed by atoms with van der Waals surface area (Å²) in [6.45, 7) is 3.38. The van der Waals surface area contributed by atoms with Gasteiger partial charge >= 0.3 is 0 Å². The summed E-state index contributed by atoms with van der Waals surface area (Å²) in [4.78, 5) is 4.07. The van der Waals surface area contributed by atoms with Gasteiger partial charge in [-0.05, 0) is 44.9 Å². The molecule has 1 aliphatic rings. The van der Waals surface area contributed by atoms with Crippen molar-refractivity contribution < 1.29 is 0 Å². The zero-order valence-electron chi connectivity index (χ0n) is 10.2. The van der Waals surface area contributed by atoms with E-state index < -0.39 is 0 Å². The molecule has 0 radical (unpaired) electrons. The first-order valence-electron chi connectivity index (χ1n) is 6.35.